The van der Waals surface area contributed by atoms with E-state index in [0.29, 0.717) is 0 Å². The number of halogens is 1. The van der Waals surface area contributed by atoms with E-state index in [1.807, 2.05) is 0 Å². The lowest BCUT2D eigenvalue weighted by Crippen LogP contribution is -2.03. The highest BCUT2D eigenvalue weighted by molar-refractivity contribution is 6.17. The van der Waals surface area contributed by atoms with Crippen molar-refractivity contribution in [1.82, 2.24) is 0 Å². The smallest absolute Gasteiger partial charge is 0.0226 e. The molecule has 0 aromatic heterocycles. The van der Waals surface area contributed by atoms with E-state index < -0.39 is 0 Å². The van der Waals surface area contributed by atoms with Crippen molar-refractivity contribution in [2.24, 2.45) is 11.8 Å². The van der Waals surface area contributed by atoms with Gasteiger partial charge >= 0.3 is 0 Å². The van der Waals surface area contributed by atoms with Crippen molar-refractivity contribution in [3.8, 4) is 0 Å². The summed E-state index contributed by atoms with van der Waals surface area (Å²) in [5, 5.41) is 0. The van der Waals surface area contributed by atoms with Crippen molar-refractivity contribution in [3.63, 3.8) is 0 Å². The number of hydrogen-bond acceptors (Lipinski definition) is 0. The molecule has 0 amide bonds. The molecule has 8 heavy (non-hydrogen) atoms. The van der Waals surface area contributed by atoms with E-state index in [1.54, 1.807) is 0 Å². The maximum atomic E-state index is 5.54. The molecule has 0 N–H and O–H groups in total. The molecule has 0 aliphatic carbocycles. The maximum absolute atomic E-state index is 5.54. The van der Waals surface area contributed by atoms with Crippen LogP contribution in [0, 0.1) is 11.8 Å². The summed E-state index contributed by atoms with van der Waals surface area (Å²) in [5.74, 6) is 2.38. The Bertz CT molecular complexity index is 50.3. The number of alkyl halides is 1. The molecule has 0 rings (SSSR count). The topological polar surface area (TPSA) is 0 Å². The maximum Gasteiger partial charge on any atom is 0.0226 e. The predicted molar refractivity (Wildman–Crippen MR) is 39.3 cm³/mol. The van der Waals surface area contributed by atoms with Gasteiger partial charge in [-0.25, -0.2) is 0 Å². The summed E-state index contributed by atoms with van der Waals surface area (Å²) in [7, 11) is 0. The highest BCUT2D eigenvalue weighted by atomic mass is 35.5. The molecule has 0 unspecified atom stereocenters. The van der Waals surface area contributed by atoms with Crippen LogP contribution in [-0.2, 0) is 0 Å². The lowest BCUT2D eigenvalue weighted by Gasteiger charge is -2.12. The van der Waals surface area contributed by atoms with E-state index in [0.717, 1.165) is 24.1 Å². The van der Waals surface area contributed by atoms with Gasteiger partial charge in [0.15, 0.2) is 0 Å². The molecular formula is C7H15Cl. The summed E-state index contributed by atoms with van der Waals surface area (Å²) < 4.78 is 0. The second-order valence-corrected chi connectivity index (χ2v) is 3.08. The fourth-order valence-electron chi connectivity index (χ4n) is 0.505. The molecule has 0 fully saturated rings. The zero-order valence-electron chi connectivity index (χ0n) is 5.95. The predicted octanol–water partition coefficient (Wildman–Crippen LogP) is 2.91. The van der Waals surface area contributed by atoms with E-state index in [4.69, 9.17) is 11.6 Å². The van der Waals surface area contributed by atoms with Crippen LogP contribution in [0.15, 0.2) is 0 Å². The molecule has 0 radical (unpaired) electrons. The van der Waals surface area contributed by atoms with Crippen LogP contribution in [-0.4, -0.2) is 5.88 Å². The normalized spacial score (nSPS) is 14.6. The molecule has 0 aromatic carbocycles. The van der Waals surface area contributed by atoms with Crippen LogP contribution in [0.1, 0.15) is 27.2 Å². The molecule has 0 aliphatic rings. The van der Waals surface area contributed by atoms with Gasteiger partial charge in [0.05, 0.1) is 0 Å². The summed E-state index contributed by atoms with van der Waals surface area (Å²) in [6, 6.07) is 0. The van der Waals surface area contributed by atoms with Crippen molar-refractivity contribution in [1.29, 1.82) is 0 Å². The number of rotatable bonds is 3. The van der Waals surface area contributed by atoms with Gasteiger partial charge in [0.2, 0.25) is 0 Å². The zero-order valence-corrected chi connectivity index (χ0v) is 6.70. The molecule has 0 bridgehead atoms. The first-order valence-corrected chi connectivity index (χ1v) is 3.78. The van der Waals surface area contributed by atoms with Gasteiger partial charge in [0, 0.05) is 5.88 Å². The summed E-state index contributed by atoms with van der Waals surface area (Å²) in [4.78, 5) is 0. The van der Waals surface area contributed by atoms with Crippen LogP contribution in [0.2, 0.25) is 0 Å². The van der Waals surface area contributed by atoms with Crippen LogP contribution in [0.25, 0.3) is 0 Å². The molecule has 0 aliphatic heterocycles. The van der Waals surface area contributed by atoms with Gasteiger partial charge in [-0.15, -0.1) is 11.6 Å². The lowest BCUT2D eigenvalue weighted by molar-refractivity contribution is 0.409. The molecule has 50 valence electrons. The van der Waals surface area contributed by atoms with Crippen molar-refractivity contribution < 1.29 is 0 Å². The third-order valence-corrected chi connectivity index (χ3v) is 1.92. The van der Waals surface area contributed by atoms with E-state index in [-0.39, 0.29) is 0 Å². The van der Waals surface area contributed by atoms with Gasteiger partial charge in [-0.1, -0.05) is 20.8 Å². The summed E-state index contributed by atoms with van der Waals surface area (Å²) in [6.45, 7) is 6.71. The van der Waals surface area contributed by atoms with E-state index >= 15 is 0 Å². The highest BCUT2D eigenvalue weighted by Crippen LogP contribution is 2.13. The van der Waals surface area contributed by atoms with Crippen LogP contribution in [0.3, 0.4) is 0 Å². The van der Waals surface area contributed by atoms with E-state index in [2.05, 4.69) is 20.8 Å². The first-order chi connectivity index (χ1) is 3.68. The second kappa shape index (κ2) is 4.20. The largest absolute Gasteiger partial charge is 0.127 e. The Morgan fingerprint density at radius 2 is 1.75 bits per heavy atom. The quantitative estimate of drug-likeness (QED) is 0.521. The zero-order chi connectivity index (χ0) is 6.57. The van der Waals surface area contributed by atoms with Gasteiger partial charge in [0.1, 0.15) is 0 Å². The Morgan fingerprint density at radius 1 is 1.25 bits per heavy atom. The molecule has 1 heteroatoms. The molecule has 1 atom stereocenters. The molecule has 0 spiro atoms. The first-order valence-electron chi connectivity index (χ1n) is 3.24. The van der Waals surface area contributed by atoms with E-state index in [9.17, 15) is 0 Å². The first kappa shape index (κ1) is 8.29. The molecule has 0 saturated carbocycles. The second-order valence-electron chi connectivity index (χ2n) is 2.70. The average Bonchev–Trinajstić information content (AvgIpc) is 1.67. The molecular weight excluding hydrogens is 120 g/mol. The summed E-state index contributed by atoms with van der Waals surface area (Å²) >= 11 is 5.54. The van der Waals surface area contributed by atoms with Gasteiger partial charge in [-0.2, -0.15) is 0 Å². The minimum absolute atomic E-state index is 0.785. The standard InChI is InChI=1S/C7H15Cl/c1-6(2)7(3)4-5-8/h6-7H,4-5H2,1-3H3/t7-/m0/s1. The van der Waals surface area contributed by atoms with Gasteiger partial charge < -0.3 is 0 Å². The third kappa shape index (κ3) is 3.31. The molecule has 0 saturated heterocycles. The summed E-state index contributed by atoms with van der Waals surface area (Å²) in [6.07, 6.45) is 1.15. The monoisotopic (exact) mass is 134 g/mol. The fourth-order valence-corrected chi connectivity index (χ4v) is 0.850. The van der Waals surface area contributed by atoms with Crippen molar-refractivity contribution in [3.05, 3.63) is 0 Å². The Labute approximate surface area is 57.2 Å². The minimum Gasteiger partial charge on any atom is -0.127 e. The molecule has 0 aromatic rings. The van der Waals surface area contributed by atoms with Crippen LogP contribution in [0.5, 0.6) is 0 Å². The summed E-state index contributed by atoms with van der Waals surface area (Å²) in [5.41, 5.74) is 0. The Balaban J connectivity index is 3.17. The average molecular weight is 135 g/mol. The molecule has 0 heterocycles. The number of hydrogen-bond donors (Lipinski definition) is 0. The van der Waals surface area contributed by atoms with Gasteiger partial charge in [-0.3, -0.25) is 0 Å². The van der Waals surface area contributed by atoms with Crippen LogP contribution in [0.4, 0.5) is 0 Å². The SMILES string of the molecule is CC(C)[C@@H](C)CCCl. The Morgan fingerprint density at radius 3 is 1.88 bits per heavy atom. The van der Waals surface area contributed by atoms with E-state index in [1.165, 1.54) is 0 Å². The molecule has 0 nitrogen and oxygen atoms in total. The Kier molecular flexibility index (Phi) is 4.35. The third-order valence-electron chi connectivity index (χ3n) is 1.70. The fraction of sp³-hybridized carbons (Fsp3) is 1.00. The van der Waals surface area contributed by atoms with Crippen LogP contribution >= 0.6 is 11.6 Å². The van der Waals surface area contributed by atoms with Gasteiger partial charge in [-0.05, 0) is 18.3 Å². The van der Waals surface area contributed by atoms with Crippen molar-refractivity contribution in [2.45, 2.75) is 27.2 Å². The van der Waals surface area contributed by atoms with Gasteiger partial charge in [0.25, 0.3) is 0 Å². The Hall–Kier alpha value is 0.290. The van der Waals surface area contributed by atoms with Crippen molar-refractivity contribution >= 4 is 11.6 Å². The lowest BCUT2D eigenvalue weighted by atomic mass is 9.96. The minimum atomic E-state index is 0.785. The van der Waals surface area contributed by atoms with Crippen molar-refractivity contribution in [2.75, 3.05) is 5.88 Å². The van der Waals surface area contributed by atoms with Crippen LogP contribution < -0.4 is 0 Å². The highest BCUT2D eigenvalue weighted by Gasteiger charge is 2.04.